The lowest BCUT2D eigenvalue weighted by molar-refractivity contribution is -0.113. The fraction of sp³-hybridized carbons (Fsp3) is 0.176. The highest BCUT2D eigenvalue weighted by Gasteiger charge is 2.03. The van der Waals surface area contributed by atoms with Gasteiger partial charge in [0.2, 0.25) is 5.91 Å². The van der Waals surface area contributed by atoms with Gasteiger partial charge in [-0.15, -0.1) is 11.8 Å². The van der Waals surface area contributed by atoms with Crippen LogP contribution in [-0.2, 0) is 10.5 Å². The SMILES string of the molecule is Cc1cccc(NC(=O)CSCc2ccc(C#N)cc2)c1. The third-order valence-corrected chi connectivity index (χ3v) is 3.89. The van der Waals surface area contributed by atoms with Crippen LogP contribution in [0.15, 0.2) is 48.5 Å². The smallest absolute Gasteiger partial charge is 0.234 e. The van der Waals surface area contributed by atoms with Crippen LogP contribution in [0.4, 0.5) is 5.69 Å². The van der Waals surface area contributed by atoms with Crippen molar-refractivity contribution in [3.05, 3.63) is 65.2 Å². The molecule has 0 unspecified atom stereocenters. The molecule has 2 aromatic carbocycles. The Morgan fingerprint density at radius 3 is 2.67 bits per heavy atom. The van der Waals surface area contributed by atoms with Crippen LogP contribution in [0.25, 0.3) is 0 Å². The summed E-state index contributed by atoms with van der Waals surface area (Å²) in [6.45, 7) is 2.00. The molecule has 0 bridgehead atoms. The number of benzene rings is 2. The number of nitriles is 1. The van der Waals surface area contributed by atoms with Gasteiger partial charge in [0.05, 0.1) is 17.4 Å². The van der Waals surface area contributed by atoms with Crippen LogP contribution in [0.1, 0.15) is 16.7 Å². The van der Waals surface area contributed by atoms with Gasteiger partial charge >= 0.3 is 0 Å². The van der Waals surface area contributed by atoms with Gasteiger partial charge < -0.3 is 5.32 Å². The molecule has 0 aromatic heterocycles. The van der Waals surface area contributed by atoms with Crippen molar-refractivity contribution in [3.63, 3.8) is 0 Å². The molecule has 0 aliphatic heterocycles. The standard InChI is InChI=1S/C17H16N2OS/c1-13-3-2-4-16(9-13)19-17(20)12-21-11-15-7-5-14(10-18)6-8-15/h2-9H,11-12H2,1H3,(H,19,20). The van der Waals surface area contributed by atoms with E-state index in [0.717, 1.165) is 22.6 Å². The maximum absolute atomic E-state index is 11.8. The van der Waals surface area contributed by atoms with Crippen LogP contribution in [-0.4, -0.2) is 11.7 Å². The Labute approximate surface area is 129 Å². The first-order valence-electron chi connectivity index (χ1n) is 6.60. The molecule has 4 heteroatoms. The lowest BCUT2D eigenvalue weighted by atomic mass is 10.2. The highest BCUT2D eigenvalue weighted by atomic mass is 32.2. The van der Waals surface area contributed by atoms with Gasteiger partial charge in [-0.1, -0.05) is 24.3 Å². The van der Waals surface area contributed by atoms with Crippen LogP contribution < -0.4 is 5.32 Å². The lowest BCUT2D eigenvalue weighted by Crippen LogP contribution is -2.14. The molecule has 0 aliphatic rings. The molecule has 106 valence electrons. The van der Waals surface area contributed by atoms with E-state index >= 15 is 0 Å². The summed E-state index contributed by atoms with van der Waals surface area (Å²) in [7, 11) is 0. The number of anilines is 1. The summed E-state index contributed by atoms with van der Waals surface area (Å²) in [6, 6.07) is 17.3. The van der Waals surface area contributed by atoms with Gasteiger partial charge in [0.25, 0.3) is 0 Å². The van der Waals surface area contributed by atoms with Gasteiger partial charge in [0, 0.05) is 11.4 Å². The van der Waals surface area contributed by atoms with Gasteiger partial charge in [-0.25, -0.2) is 0 Å². The Bertz CT molecular complexity index is 659. The Morgan fingerprint density at radius 1 is 1.24 bits per heavy atom. The lowest BCUT2D eigenvalue weighted by Gasteiger charge is -2.06. The summed E-state index contributed by atoms with van der Waals surface area (Å²) < 4.78 is 0. The van der Waals surface area contributed by atoms with Crippen LogP contribution in [0, 0.1) is 18.3 Å². The minimum absolute atomic E-state index is 0.000699. The molecule has 0 saturated carbocycles. The summed E-state index contributed by atoms with van der Waals surface area (Å²) in [6.07, 6.45) is 0. The zero-order valence-electron chi connectivity index (χ0n) is 11.8. The fourth-order valence-corrected chi connectivity index (χ4v) is 2.64. The average Bonchev–Trinajstić information content (AvgIpc) is 2.48. The van der Waals surface area contributed by atoms with Gasteiger partial charge in [0.15, 0.2) is 0 Å². The van der Waals surface area contributed by atoms with Crippen LogP contribution >= 0.6 is 11.8 Å². The van der Waals surface area contributed by atoms with E-state index in [1.165, 1.54) is 0 Å². The number of rotatable bonds is 5. The third kappa shape index (κ3) is 4.97. The number of hydrogen-bond donors (Lipinski definition) is 1. The molecule has 21 heavy (non-hydrogen) atoms. The topological polar surface area (TPSA) is 52.9 Å². The Hall–Kier alpha value is -2.25. The Kier molecular flexibility index (Phi) is 5.42. The van der Waals surface area contributed by atoms with E-state index in [-0.39, 0.29) is 5.91 Å². The minimum atomic E-state index is -0.000699. The number of carbonyl (C=O) groups is 1. The van der Waals surface area contributed by atoms with E-state index in [0.29, 0.717) is 11.3 Å². The van der Waals surface area contributed by atoms with Crippen molar-refractivity contribution in [1.29, 1.82) is 5.26 Å². The highest BCUT2D eigenvalue weighted by molar-refractivity contribution is 7.99. The molecule has 1 amide bonds. The summed E-state index contributed by atoms with van der Waals surface area (Å²) in [5.74, 6) is 1.17. The third-order valence-electron chi connectivity index (χ3n) is 2.89. The van der Waals surface area contributed by atoms with Crippen molar-refractivity contribution < 1.29 is 4.79 Å². The van der Waals surface area contributed by atoms with Gasteiger partial charge in [-0.2, -0.15) is 5.26 Å². The normalized spacial score (nSPS) is 9.90. The van der Waals surface area contributed by atoms with Gasteiger partial charge in [-0.05, 0) is 42.3 Å². The minimum Gasteiger partial charge on any atom is -0.325 e. The summed E-state index contributed by atoms with van der Waals surface area (Å²) >= 11 is 1.56. The molecule has 0 radical (unpaired) electrons. The predicted molar refractivity (Wildman–Crippen MR) is 87.1 cm³/mol. The predicted octanol–water partition coefficient (Wildman–Crippen LogP) is 3.74. The molecule has 2 aromatic rings. The molecule has 0 saturated heterocycles. The van der Waals surface area contributed by atoms with Gasteiger partial charge in [-0.3, -0.25) is 4.79 Å². The van der Waals surface area contributed by atoms with Crippen molar-refractivity contribution in [3.8, 4) is 6.07 Å². The maximum Gasteiger partial charge on any atom is 0.234 e. The van der Waals surface area contributed by atoms with Crippen molar-refractivity contribution in [2.24, 2.45) is 0 Å². The van der Waals surface area contributed by atoms with Crippen molar-refractivity contribution in [1.82, 2.24) is 0 Å². The molecule has 3 nitrogen and oxygen atoms in total. The summed E-state index contributed by atoms with van der Waals surface area (Å²) in [4.78, 5) is 11.8. The summed E-state index contributed by atoms with van der Waals surface area (Å²) in [5.41, 5.74) is 3.72. The first kappa shape index (κ1) is 15.1. The first-order chi connectivity index (χ1) is 10.2. The highest BCUT2D eigenvalue weighted by Crippen LogP contribution is 2.14. The van der Waals surface area contributed by atoms with Crippen molar-refractivity contribution in [2.45, 2.75) is 12.7 Å². The molecule has 2 rings (SSSR count). The largest absolute Gasteiger partial charge is 0.325 e. The fourth-order valence-electron chi connectivity index (χ4n) is 1.86. The molecule has 0 atom stereocenters. The second kappa shape index (κ2) is 7.51. The molecule has 0 fully saturated rings. The van der Waals surface area contributed by atoms with Gasteiger partial charge in [0.1, 0.15) is 0 Å². The van der Waals surface area contributed by atoms with Crippen LogP contribution in [0.5, 0.6) is 0 Å². The monoisotopic (exact) mass is 296 g/mol. The van der Waals surface area contributed by atoms with Crippen molar-refractivity contribution in [2.75, 3.05) is 11.1 Å². The number of hydrogen-bond acceptors (Lipinski definition) is 3. The van der Waals surface area contributed by atoms with Crippen LogP contribution in [0.3, 0.4) is 0 Å². The number of aryl methyl sites for hydroxylation is 1. The van der Waals surface area contributed by atoms with E-state index in [9.17, 15) is 4.79 Å². The van der Waals surface area contributed by atoms with E-state index in [1.807, 2.05) is 43.3 Å². The molecule has 0 spiro atoms. The van der Waals surface area contributed by atoms with E-state index in [1.54, 1.807) is 23.9 Å². The number of carbonyl (C=O) groups excluding carboxylic acids is 1. The Morgan fingerprint density at radius 2 is 2.00 bits per heavy atom. The van der Waals surface area contributed by atoms with E-state index in [2.05, 4.69) is 11.4 Å². The second-order valence-corrected chi connectivity index (χ2v) is 5.70. The molecule has 1 N–H and O–H groups in total. The van der Waals surface area contributed by atoms with Crippen molar-refractivity contribution >= 4 is 23.4 Å². The quantitative estimate of drug-likeness (QED) is 0.914. The first-order valence-corrected chi connectivity index (χ1v) is 7.76. The molecular weight excluding hydrogens is 280 g/mol. The Balaban J connectivity index is 1.77. The molecule has 0 heterocycles. The van der Waals surface area contributed by atoms with E-state index in [4.69, 9.17) is 5.26 Å². The molecular formula is C17H16N2OS. The second-order valence-electron chi connectivity index (χ2n) is 4.72. The molecule has 0 aliphatic carbocycles. The number of nitrogens with zero attached hydrogens (tertiary/aromatic N) is 1. The number of nitrogens with one attached hydrogen (secondary N) is 1. The van der Waals surface area contributed by atoms with E-state index < -0.39 is 0 Å². The zero-order chi connectivity index (χ0) is 15.1. The zero-order valence-corrected chi connectivity index (χ0v) is 12.6. The number of thioether (sulfide) groups is 1. The number of amides is 1. The van der Waals surface area contributed by atoms with Crippen LogP contribution in [0.2, 0.25) is 0 Å². The average molecular weight is 296 g/mol. The maximum atomic E-state index is 11.8. The summed E-state index contributed by atoms with van der Waals surface area (Å²) in [5, 5.41) is 11.6.